The molecular weight excluding hydrogens is 450 g/mol. The molecule has 0 fully saturated rings. The Hall–Kier alpha value is -4.62. The number of nitrogens with one attached hydrogen (secondary N) is 4. The number of aromatic amines is 1. The number of benzene rings is 1. The maximum Gasteiger partial charge on any atom is 0.278 e. The molecule has 0 spiro atoms. The van der Waals surface area contributed by atoms with E-state index in [0.29, 0.717) is 18.6 Å². The summed E-state index contributed by atoms with van der Waals surface area (Å²) in [7, 11) is 0. The molecule has 14 heteroatoms. The van der Waals surface area contributed by atoms with Crippen molar-refractivity contribution in [2.45, 2.75) is 24.9 Å². The lowest BCUT2D eigenvalue weighted by atomic mass is 10.1. The molecule has 0 bridgehead atoms. The second-order valence-corrected chi connectivity index (χ2v) is 7.41. The van der Waals surface area contributed by atoms with Crippen LogP contribution in [0.1, 0.15) is 23.2 Å². The van der Waals surface area contributed by atoms with Gasteiger partial charge in [-0.2, -0.15) is 4.98 Å². The smallest absolute Gasteiger partial charge is 0.278 e. The van der Waals surface area contributed by atoms with Gasteiger partial charge in [0, 0.05) is 30.3 Å². The first-order chi connectivity index (χ1) is 16.2. The van der Waals surface area contributed by atoms with Crippen molar-refractivity contribution in [3.63, 3.8) is 0 Å². The third-order valence-electron chi connectivity index (χ3n) is 5.10. The minimum absolute atomic E-state index is 0.0513. The molecule has 34 heavy (non-hydrogen) atoms. The van der Waals surface area contributed by atoms with Crippen LogP contribution in [0.5, 0.6) is 0 Å². The van der Waals surface area contributed by atoms with E-state index in [1.807, 2.05) is 0 Å². The van der Waals surface area contributed by atoms with E-state index >= 15 is 0 Å². The zero-order valence-electron chi connectivity index (χ0n) is 17.7. The molecular formula is C20H21N7O7-2. The first-order valence-electron chi connectivity index (χ1n) is 10.1. The van der Waals surface area contributed by atoms with Crippen LogP contribution in [0.4, 0.5) is 23.1 Å². The summed E-state index contributed by atoms with van der Waals surface area (Å²) in [6.45, 7) is 0.544. The second kappa shape index (κ2) is 10.3. The van der Waals surface area contributed by atoms with Crippen LogP contribution in [0.25, 0.3) is 0 Å². The lowest BCUT2D eigenvalue weighted by Gasteiger charge is -2.34. The van der Waals surface area contributed by atoms with Crippen LogP contribution >= 0.6 is 0 Å². The molecule has 0 radical (unpaired) electrons. The highest BCUT2D eigenvalue weighted by Crippen LogP contribution is 2.25. The number of nitrogen functional groups attached to an aromatic ring is 1. The molecule has 0 aliphatic carbocycles. The fraction of sp³-hybridized carbons (Fsp3) is 0.300. The summed E-state index contributed by atoms with van der Waals surface area (Å²) in [5, 5.41) is 29.9. The van der Waals surface area contributed by atoms with Crippen molar-refractivity contribution in [2.75, 3.05) is 34.4 Å². The van der Waals surface area contributed by atoms with E-state index in [0.717, 1.165) is 0 Å². The number of hydrogen-bond acceptors (Lipinski definition) is 11. The number of fused-ring (bicyclic) bond motifs is 1. The van der Waals surface area contributed by atoms with Gasteiger partial charge in [-0.05, 0) is 37.1 Å². The van der Waals surface area contributed by atoms with Crippen molar-refractivity contribution in [1.82, 2.24) is 15.3 Å². The highest BCUT2D eigenvalue weighted by atomic mass is 16.4. The van der Waals surface area contributed by atoms with Crippen LogP contribution in [0.2, 0.25) is 0 Å². The molecule has 2 atom stereocenters. The van der Waals surface area contributed by atoms with Crippen LogP contribution < -0.4 is 42.4 Å². The summed E-state index contributed by atoms with van der Waals surface area (Å²) in [6.07, 6.45) is -0.386. The van der Waals surface area contributed by atoms with E-state index in [4.69, 9.17) is 5.73 Å². The van der Waals surface area contributed by atoms with Gasteiger partial charge in [0.25, 0.3) is 11.5 Å². The van der Waals surface area contributed by atoms with Crippen molar-refractivity contribution < 1.29 is 29.4 Å². The molecule has 0 saturated heterocycles. The number of amides is 2. The third kappa shape index (κ3) is 5.59. The molecule has 180 valence electrons. The number of nitrogens with two attached hydrogens (primary N) is 1. The van der Waals surface area contributed by atoms with Gasteiger partial charge in [0.2, 0.25) is 12.4 Å². The van der Waals surface area contributed by atoms with Crippen molar-refractivity contribution >= 4 is 47.4 Å². The van der Waals surface area contributed by atoms with E-state index < -0.39 is 41.9 Å². The topological polar surface area (TPSA) is 225 Å². The molecule has 0 unspecified atom stereocenters. The Bertz CT molecular complexity index is 1150. The van der Waals surface area contributed by atoms with Gasteiger partial charge in [-0.3, -0.25) is 19.4 Å². The maximum atomic E-state index is 12.3. The van der Waals surface area contributed by atoms with Gasteiger partial charge in [-0.25, -0.2) is 0 Å². The van der Waals surface area contributed by atoms with Gasteiger partial charge in [0.15, 0.2) is 11.5 Å². The summed E-state index contributed by atoms with van der Waals surface area (Å²) >= 11 is 0. The number of hydrogen-bond donors (Lipinski definition) is 5. The first kappa shape index (κ1) is 24.0. The number of carboxylic acid groups (broad SMARTS) is 2. The van der Waals surface area contributed by atoms with Crippen molar-refractivity contribution in [2.24, 2.45) is 0 Å². The number of H-pyrrole nitrogens is 1. The maximum absolute atomic E-state index is 12.3. The van der Waals surface area contributed by atoms with Crippen LogP contribution in [-0.4, -0.2) is 59.4 Å². The lowest BCUT2D eigenvalue weighted by molar-refractivity contribution is -0.309. The highest BCUT2D eigenvalue weighted by molar-refractivity contribution is 5.96. The molecule has 3 rings (SSSR count). The Labute approximate surface area is 192 Å². The number of carbonyl (C=O) groups excluding carboxylic acids is 4. The SMILES string of the molecule is Nc1nc2c(c(=O)[nH]1)N(C=O)[C@@H](CNc1ccc(C(=O)N[C@@H](CCC(=O)[O-])C(=O)[O-])cc1)CN2. The van der Waals surface area contributed by atoms with Gasteiger partial charge in [0.1, 0.15) is 0 Å². The van der Waals surface area contributed by atoms with E-state index in [-0.39, 0.29) is 36.0 Å². The molecule has 0 saturated carbocycles. The van der Waals surface area contributed by atoms with Crippen molar-refractivity contribution in [3.05, 3.63) is 40.2 Å². The fourth-order valence-corrected chi connectivity index (χ4v) is 3.38. The number of rotatable bonds is 10. The summed E-state index contributed by atoms with van der Waals surface area (Å²) in [6, 6.07) is 4.08. The number of anilines is 4. The Morgan fingerprint density at radius 2 is 1.97 bits per heavy atom. The Balaban J connectivity index is 1.62. The van der Waals surface area contributed by atoms with E-state index in [1.54, 1.807) is 12.1 Å². The molecule has 1 aliphatic rings. The zero-order chi connectivity index (χ0) is 24.8. The van der Waals surface area contributed by atoms with E-state index in [1.165, 1.54) is 17.0 Å². The van der Waals surface area contributed by atoms with E-state index in [2.05, 4.69) is 25.9 Å². The number of carboxylic acids is 2. The van der Waals surface area contributed by atoms with Crippen molar-refractivity contribution in [3.8, 4) is 0 Å². The Kier molecular flexibility index (Phi) is 7.30. The molecule has 2 aromatic rings. The predicted molar refractivity (Wildman–Crippen MR) is 116 cm³/mol. The van der Waals surface area contributed by atoms with Crippen LogP contribution in [-0.2, 0) is 14.4 Å². The molecule has 1 aliphatic heterocycles. The summed E-state index contributed by atoms with van der Waals surface area (Å²) in [5.74, 6) is -3.63. The van der Waals surface area contributed by atoms with E-state index in [9.17, 15) is 34.2 Å². The van der Waals surface area contributed by atoms with Gasteiger partial charge < -0.3 is 46.4 Å². The number of aromatic nitrogens is 2. The molecule has 1 aromatic heterocycles. The minimum Gasteiger partial charge on any atom is -0.550 e. The quantitative estimate of drug-likeness (QED) is 0.215. The van der Waals surface area contributed by atoms with Crippen LogP contribution in [0.15, 0.2) is 29.1 Å². The molecule has 14 nitrogen and oxygen atoms in total. The summed E-state index contributed by atoms with van der Waals surface area (Å²) in [4.78, 5) is 65.4. The van der Waals surface area contributed by atoms with Crippen LogP contribution in [0, 0.1) is 0 Å². The fourth-order valence-electron chi connectivity index (χ4n) is 3.38. The molecule has 6 N–H and O–H groups in total. The van der Waals surface area contributed by atoms with Crippen LogP contribution in [0.3, 0.4) is 0 Å². The Morgan fingerprint density at radius 1 is 1.26 bits per heavy atom. The Morgan fingerprint density at radius 3 is 2.59 bits per heavy atom. The van der Waals surface area contributed by atoms with Gasteiger partial charge >= 0.3 is 0 Å². The standard InChI is InChI=1S/C20H23N7O7/c21-20-25-16-15(18(32)26-20)27(9-28)12(8-23-16)7-22-11-3-1-10(2-4-11)17(31)24-13(19(33)34)5-6-14(29)30/h1-4,9,12-13,22H,5-8H2,(H,24,31)(H,29,30)(H,33,34)(H4,21,23,25,26,32)/p-2/t12-,13-/m0/s1. The molecule has 1 aromatic carbocycles. The predicted octanol–water partition coefficient (Wildman–Crippen LogP) is -3.40. The zero-order valence-corrected chi connectivity index (χ0v) is 17.7. The number of aliphatic carboxylic acids is 2. The summed E-state index contributed by atoms with van der Waals surface area (Å²) < 4.78 is 0. The minimum atomic E-state index is -1.60. The lowest BCUT2D eigenvalue weighted by Crippen LogP contribution is -2.50. The number of nitrogens with zero attached hydrogens (tertiary/aromatic N) is 2. The second-order valence-electron chi connectivity index (χ2n) is 7.41. The average Bonchev–Trinajstić information content (AvgIpc) is 2.79. The monoisotopic (exact) mass is 471 g/mol. The van der Waals surface area contributed by atoms with Gasteiger partial charge in [0.05, 0.1) is 18.1 Å². The van der Waals surface area contributed by atoms with Gasteiger partial charge in [-0.1, -0.05) is 0 Å². The average molecular weight is 471 g/mol. The molecule has 2 heterocycles. The summed E-state index contributed by atoms with van der Waals surface area (Å²) in [5.41, 5.74) is 5.75. The third-order valence-corrected chi connectivity index (χ3v) is 5.10. The molecule has 2 amide bonds. The van der Waals surface area contributed by atoms with Crippen molar-refractivity contribution in [1.29, 1.82) is 0 Å². The van der Waals surface area contributed by atoms with Gasteiger partial charge in [-0.15, -0.1) is 0 Å². The normalized spacial score (nSPS) is 15.4. The largest absolute Gasteiger partial charge is 0.550 e. The highest BCUT2D eigenvalue weighted by Gasteiger charge is 2.29. The first-order valence-corrected chi connectivity index (χ1v) is 10.1. The number of carbonyl (C=O) groups is 4.